The summed E-state index contributed by atoms with van der Waals surface area (Å²) in [5.74, 6) is 2.24. The highest BCUT2D eigenvalue weighted by Gasteiger charge is 2.12. The molecule has 9 nitrogen and oxygen atoms in total. The predicted molar refractivity (Wildman–Crippen MR) is 117 cm³/mol. The molecule has 164 valence electrons. The standard InChI is InChI=1S/C23H24N6O3/c1-4-20-27-23(32-28-20)17-7-10-21(24-12-17)29-13-19(26-14-29)22(30)25-11-16-5-8-18(9-6-16)31-15(2)3/h5-10,12-15H,4,11H2,1-3H3,(H,25,30). The Kier molecular flexibility index (Phi) is 6.25. The minimum Gasteiger partial charge on any atom is -0.491 e. The van der Waals surface area contributed by atoms with Crippen molar-refractivity contribution in [1.29, 1.82) is 0 Å². The van der Waals surface area contributed by atoms with Gasteiger partial charge < -0.3 is 14.6 Å². The lowest BCUT2D eigenvalue weighted by Gasteiger charge is -2.10. The van der Waals surface area contributed by atoms with E-state index in [9.17, 15) is 4.79 Å². The Labute approximate surface area is 185 Å². The van der Waals surface area contributed by atoms with Crippen LogP contribution < -0.4 is 10.1 Å². The molecule has 4 rings (SSSR count). The second-order valence-electron chi connectivity index (χ2n) is 7.43. The van der Waals surface area contributed by atoms with Crippen LogP contribution in [0.1, 0.15) is 42.6 Å². The fourth-order valence-electron chi connectivity index (χ4n) is 2.98. The quantitative estimate of drug-likeness (QED) is 0.453. The van der Waals surface area contributed by atoms with Gasteiger partial charge in [0.1, 0.15) is 23.6 Å². The van der Waals surface area contributed by atoms with Gasteiger partial charge in [0.25, 0.3) is 11.8 Å². The van der Waals surface area contributed by atoms with Gasteiger partial charge in [-0.1, -0.05) is 24.2 Å². The van der Waals surface area contributed by atoms with Crippen molar-refractivity contribution in [2.45, 2.75) is 39.8 Å². The van der Waals surface area contributed by atoms with Crippen LogP contribution in [-0.2, 0) is 13.0 Å². The molecule has 1 N–H and O–H groups in total. The summed E-state index contributed by atoms with van der Waals surface area (Å²) in [7, 11) is 0. The fourth-order valence-corrected chi connectivity index (χ4v) is 2.98. The number of carbonyl (C=O) groups is 1. The molecule has 0 bridgehead atoms. The van der Waals surface area contributed by atoms with Crippen molar-refractivity contribution in [3.8, 4) is 23.0 Å². The number of rotatable bonds is 8. The molecule has 0 unspecified atom stereocenters. The molecule has 0 radical (unpaired) electrons. The van der Waals surface area contributed by atoms with Gasteiger partial charge in [-0.3, -0.25) is 9.36 Å². The predicted octanol–water partition coefficient (Wildman–Crippen LogP) is 3.60. The van der Waals surface area contributed by atoms with Crippen molar-refractivity contribution in [3.05, 3.63) is 72.2 Å². The summed E-state index contributed by atoms with van der Waals surface area (Å²) in [6.07, 6.45) is 5.66. The van der Waals surface area contributed by atoms with E-state index in [1.54, 1.807) is 29.4 Å². The molecule has 0 aliphatic rings. The smallest absolute Gasteiger partial charge is 0.271 e. The summed E-state index contributed by atoms with van der Waals surface area (Å²) < 4.78 is 12.5. The highest BCUT2D eigenvalue weighted by molar-refractivity contribution is 5.92. The van der Waals surface area contributed by atoms with Gasteiger partial charge in [0, 0.05) is 25.4 Å². The van der Waals surface area contributed by atoms with Crippen LogP contribution in [0.4, 0.5) is 0 Å². The van der Waals surface area contributed by atoms with E-state index in [0.29, 0.717) is 36.2 Å². The van der Waals surface area contributed by atoms with E-state index >= 15 is 0 Å². The normalized spacial score (nSPS) is 11.0. The Bertz CT molecular complexity index is 1180. The van der Waals surface area contributed by atoms with E-state index in [1.807, 2.05) is 51.1 Å². The molecule has 9 heteroatoms. The third-order valence-corrected chi connectivity index (χ3v) is 4.61. The number of hydrogen-bond acceptors (Lipinski definition) is 7. The zero-order valence-electron chi connectivity index (χ0n) is 18.1. The van der Waals surface area contributed by atoms with Crippen molar-refractivity contribution < 1.29 is 14.1 Å². The summed E-state index contributed by atoms with van der Waals surface area (Å²) in [6.45, 7) is 6.31. The van der Waals surface area contributed by atoms with Crippen molar-refractivity contribution in [3.63, 3.8) is 0 Å². The first-order chi connectivity index (χ1) is 15.5. The number of hydrogen-bond donors (Lipinski definition) is 1. The molecule has 3 aromatic heterocycles. The van der Waals surface area contributed by atoms with Crippen molar-refractivity contribution >= 4 is 5.91 Å². The number of aromatic nitrogens is 5. The highest BCUT2D eigenvalue weighted by atomic mass is 16.5. The van der Waals surface area contributed by atoms with Gasteiger partial charge in [-0.05, 0) is 43.7 Å². The molecule has 0 aliphatic carbocycles. The molecule has 4 aromatic rings. The molecule has 3 heterocycles. The minimum absolute atomic E-state index is 0.120. The van der Waals surface area contributed by atoms with Crippen molar-refractivity contribution in [2.24, 2.45) is 0 Å². The molecule has 1 aromatic carbocycles. The monoisotopic (exact) mass is 432 g/mol. The number of aryl methyl sites for hydroxylation is 1. The lowest BCUT2D eigenvalue weighted by atomic mass is 10.2. The second-order valence-corrected chi connectivity index (χ2v) is 7.43. The maximum Gasteiger partial charge on any atom is 0.271 e. The maximum absolute atomic E-state index is 12.5. The van der Waals surface area contributed by atoms with Crippen LogP contribution in [0.3, 0.4) is 0 Å². The summed E-state index contributed by atoms with van der Waals surface area (Å²) in [6, 6.07) is 11.3. The number of carbonyl (C=O) groups excluding carboxylic acids is 1. The minimum atomic E-state index is -0.263. The van der Waals surface area contributed by atoms with Crippen LogP contribution in [0.2, 0.25) is 0 Å². The van der Waals surface area contributed by atoms with Gasteiger partial charge in [0.05, 0.1) is 11.7 Å². The summed E-state index contributed by atoms with van der Waals surface area (Å²) in [5, 5.41) is 6.76. The molecule has 0 spiro atoms. The molecule has 0 fully saturated rings. The van der Waals surface area contributed by atoms with Gasteiger partial charge in [0.15, 0.2) is 5.82 Å². The topological polar surface area (TPSA) is 108 Å². The lowest BCUT2D eigenvalue weighted by molar-refractivity contribution is 0.0946. The Hall–Kier alpha value is -4.01. The first-order valence-corrected chi connectivity index (χ1v) is 10.4. The average Bonchev–Trinajstić information content (AvgIpc) is 3.48. The van der Waals surface area contributed by atoms with Crippen molar-refractivity contribution in [2.75, 3.05) is 0 Å². The Morgan fingerprint density at radius 3 is 2.62 bits per heavy atom. The Morgan fingerprint density at radius 2 is 1.97 bits per heavy atom. The molecular formula is C23H24N6O3. The largest absolute Gasteiger partial charge is 0.491 e. The fraction of sp³-hybridized carbons (Fsp3) is 0.261. The first-order valence-electron chi connectivity index (χ1n) is 10.4. The van der Waals surface area contributed by atoms with E-state index in [4.69, 9.17) is 9.26 Å². The summed E-state index contributed by atoms with van der Waals surface area (Å²) in [4.78, 5) is 25.4. The maximum atomic E-state index is 12.5. The van der Waals surface area contributed by atoms with Crippen LogP contribution in [0.25, 0.3) is 17.3 Å². The van der Waals surface area contributed by atoms with Gasteiger partial charge in [-0.2, -0.15) is 4.98 Å². The van der Waals surface area contributed by atoms with Gasteiger partial charge in [-0.25, -0.2) is 9.97 Å². The van der Waals surface area contributed by atoms with Crippen LogP contribution in [-0.4, -0.2) is 36.7 Å². The zero-order valence-corrected chi connectivity index (χ0v) is 18.1. The van der Waals surface area contributed by atoms with E-state index in [2.05, 4.69) is 25.4 Å². The molecule has 1 amide bonds. The van der Waals surface area contributed by atoms with Crippen LogP contribution in [0, 0.1) is 0 Å². The SMILES string of the molecule is CCc1noc(-c2ccc(-n3cnc(C(=O)NCc4ccc(OC(C)C)cc4)c3)nc2)n1. The molecule has 32 heavy (non-hydrogen) atoms. The van der Waals surface area contributed by atoms with Crippen LogP contribution in [0.5, 0.6) is 5.75 Å². The number of amides is 1. The highest BCUT2D eigenvalue weighted by Crippen LogP contribution is 2.18. The third-order valence-electron chi connectivity index (χ3n) is 4.61. The lowest BCUT2D eigenvalue weighted by Crippen LogP contribution is -2.23. The van der Waals surface area contributed by atoms with Crippen LogP contribution >= 0.6 is 0 Å². The summed E-state index contributed by atoms with van der Waals surface area (Å²) >= 11 is 0. The van der Waals surface area contributed by atoms with Gasteiger partial charge >= 0.3 is 0 Å². The third kappa shape index (κ3) is 5.00. The van der Waals surface area contributed by atoms with Gasteiger partial charge in [-0.15, -0.1) is 0 Å². The number of ether oxygens (including phenoxy) is 1. The summed E-state index contributed by atoms with van der Waals surface area (Å²) in [5.41, 5.74) is 2.00. The van der Waals surface area contributed by atoms with Crippen molar-refractivity contribution in [1.82, 2.24) is 30.0 Å². The van der Waals surface area contributed by atoms with E-state index in [0.717, 1.165) is 16.9 Å². The number of nitrogens with zero attached hydrogens (tertiary/aromatic N) is 5. The van der Waals surface area contributed by atoms with E-state index < -0.39 is 0 Å². The molecule has 0 saturated heterocycles. The number of imidazole rings is 1. The van der Waals surface area contributed by atoms with Crippen LogP contribution in [0.15, 0.2) is 59.6 Å². The molecule has 0 atom stereocenters. The first kappa shape index (κ1) is 21.2. The second kappa shape index (κ2) is 9.42. The van der Waals surface area contributed by atoms with E-state index in [1.165, 1.54) is 0 Å². The Morgan fingerprint density at radius 1 is 1.16 bits per heavy atom. The Balaban J connectivity index is 1.37. The van der Waals surface area contributed by atoms with E-state index in [-0.39, 0.29) is 12.0 Å². The number of benzene rings is 1. The zero-order chi connectivity index (χ0) is 22.5. The van der Waals surface area contributed by atoms with Gasteiger partial charge in [0.2, 0.25) is 0 Å². The molecule has 0 aliphatic heterocycles. The average molecular weight is 432 g/mol. The molecule has 0 saturated carbocycles. The number of pyridine rings is 1. The number of nitrogens with one attached hydrogen (secondary N) is 1. The molecular weight excluding hydrogens is 408 g/mol.